The van der Waals surface area contributed by atoms with Crippen LogP contribution in [0.25, 0.3) is 11.1 Å². The average molecular weight is 655 g/mol. The van der Waals surface area contributed by atoms with Crippen molar-refractivity contribution >= 4 is 39.9 Å². The second kappa shape index (κ2) is 13.9. The molecule has 0 aliphatic carbocycles. The number of ether oxygens (including phenoxy) is 1. The van der Waals surface area contributed by atoms with Crippen LogP contribution in [0, 0.1) is 6.92 Å². The molecule has 4 aromatic rings. The Hall–Kier alpha value is -4.77. The molecule has 1 aromatic carbocycles. The lowest BCUT2D eigenvalue weighted by Crippen LogP contribution is -2.63. The zero-order valence-corrected chi connectivity index (χ0v) is 28.6. The predicted octanol–water partition coefficient (Wildman–Crippen LogP) is 6.82. The summed E-state index contributed by atoms with van der Waals surface area (Å²) in [5.74, 6) is 0.0444. The third kappa shape index (κ3) is 7.97. The number of anilines is 2. The molecule has 0 spiro atoms. The van der Waals surface area contributed by atoms with Crippen LogP contribution >= 0.6 is 11.3 Å². The first kappa shape index (κ1) is 33.6. The highest BCUT2D eigenvalue weighted by atomic mass is 32.1. The summed E-state index contributed by atoms with van der Waals surface area (Å²) in [7, 11) is 0. The highest BCUT2D eigenvalue weighted by Crippen LogP contribution is 2.38. The van der Waals surface area contributed by atoms with Gasteiger partial charge < -0.3 is 20.3 Å². The van der Waals surface area contributed by atoms with E-state index in [1.54, 1.807) is 31.1 Å². The van der Waals surface area contributed by atoms with E-state index in [1.807, 2.05) is 61.5 Å². The van der Waals surface area contributed by atoms with Gasteiger partial charge in [-0.05, 0) is 86.6 Å². The van der Waals surface area contributed by atoms with Crippen LogP contribution in [0.5, 0.6) is 5.88 Å². The maximum Gasteiger partial charge on any atom is 0.324 e. The van der Waals surface area contributed by atoms with Crippen LogP contribution in [-0.2, 0) is 16.6 Å². The molecule has 3 N–H and O–H groups in total. The third-order valence-corrected chi connectivity index (χ3v) is 9.60. The molecule has 0 radical (unpaired) electrons. The van der Waals surface area contributed by atoms with Crippen molar-refractivity contribution in [2.75, 3.05) is 30.3 Å². The molecule has 4 amide bonds. The number of carbonyl (C=O) groups excluding carboxylic acids is 3. The van der Waals surface area contributed by atoms with Crippen molar-refractivity contribution in [1.29, 1.82) is 0 Å². The van der Waals surface area contributed by atoms with Crippen molar-refractivity contribution in [3.8, 4) is 17.0 Å². The Labute approximate surface area is 280 Å². The van der Waals surface area contributed by atoms with Gasteiger partial charge in [-0.2, -0.15) is 0 Å². The topological polar surface area (TPSA) is 126 Å². The van der Waals surface area contributed by atoms with Crippen molar-refractivity contribution in [2.24, 2.45) is 0 Å². The van der Waals surface area contributed by atoms with Crippen LogP contribution in [0.3, 0.4) is 0 Å². The first-order valence-corrected chi connectivity index (χ1v) is 16.6. The number of hydrogen-bond acceptors (Lipinski definition) is 7. The number of benzene rings is 1. The number of aryl methyl sites for hydroxylation is 2. The van der Waals surface area contributed by atoms with E-state index < -0.39 is 11.6 Å². The first-order chi connectivity index (χ1) is 22.3. The van der Waals surface area contributed by atoms with Crippen molar-refractivity contribution in [3.63, 3.8) is 0 Å². The zero-order valence-electron chi connectivity index (χ0n) is 27.8. The van der Waals surface area contributed by atoms with Crippen LogP contribution in [0.15, 0.2) is 67.0 Å². The summed E-state index contributed by atoms with van der Waals surface area (Å²) >= 11 is 1.36. The summed E-state index contributed by atoms with van der Waals surface area (Å²) in [6, 6.07) is 16.7. The molecule has 10 nitrogen and oxygen atoms in total. The van der Waals surface area contributed by atoms with E-state index in [4.69, 9.17) is 4.74 Å². The van der Waals surface area contributed by atoms with E-state index in [0.29, 0.717) is 41.8 Å². The number of aromatic nitrogens is 2. The number of amides is 4. The Morgan fingerprint density at radius 3 is 2.57 bits per heavy atom. The zero-order chi connectivity index (χ0) is 33.8. The van der Waals surface area contributed by atoms with E-state index in [1.165, 1.54) is 11.3 Å². The molecule has 1 aliphatic heterocycles. The third-order valence-electron chi connectivity index (χ3n) is 8.12. The lowest BCUT2D eigenvalue weighted by atomic mass is 9.93. The summed E-state index contributed by atoms with van der Waals surface area (Å²) in [5.41, 5.74) is 3.57. The van der Waals surface area contributed by atoms with Gasteiger partial charge in [-0.3, -0.25) is 19.9 Å². The summed E-state index contributed by atoms with van der Waals surface area (Å²) in [4.78, 5) is 51.1. The Morgan fingerprint density at radius 1 is 1.06 bits per heavy atom. The number of urea groups is 1. The highest BCUT2D eigenvalue weighted by molar-refractivity contribution is 7.16. The van der Waals surface area contributed by atoms with Crippen molar-refractivity contribution in [2.45, 2.75) is 65.3 Å². The maximum absolute atomic E-state index is 13.8. The molecule has 0 saturated carbocycles. The summed E-state index contributed by atoms with van der Waals surface area (Å²) < 4.78 is 5.84. The number of carbonyl (C=O) groups is 3. The van der Waals surface area contributed by atoms with Gasteiger partial charge in [0.2, 0.25) is 11.8 Å². The van der Waals surface area contributed by atoms with E-state index in [9.17, 15) is 14.4 Å². The van der Waals surface area contributed by atoms with Crippen molar-refractivity contribution in [1.82, 2.24) is 20.2 Å². The van der Waals surface area contributed by atoms with Gasteiger partial charge in [-0.25, -0.2) is 9.78 Å². The van der Waals surface area contributed by atoms with Gasteiger partial charge in [-0.1, -0.05) is 32.9 Å². The van der Waals surface area contributed by atoms with Crippen LogP contribution in [0.4, 0.5) is 15.5 Å². The quantitative estimate of drug-likeness (QED) is 0.170. The van der Waals surface area contributed by atoms with Gasteiger partial charge in [0.1, 0.15) is 10.5 Å². The molecule has 0 bridgehead atoms. The molecule has 11 heteroatoms. The fraction of sp³-hybridized carbons (Fsp3) is 0.361. The van der Waals surface area contributed by atoms with Gasteiger partial charge in [0.25, 0.3) is 5.91 Å². The molecule has 246 valence electrons. The lowest BCUT2D eigenvalue weighted by Gasteiger charge is -2.41. The fourth-order valence-electron chi connectivity index (χ4n) is 5.29. The lowest BCUT2D eigenvalue weighted by molar-refractivity contribution is -0.133. The average Bonchev–Trinajstić information content (AvgIpc) is 3.46. The number of hydrogen-bond donors (Lipinski definition) is 3. The Bertz CT molecular complexity index is 1750. The van der Waals surface area contributed by atoms with Gasteiger partial charge in [0, 0.05) is 53.4 Å². The number of piperazine rings is 1. The van der Waals surface area contributed by atoms with Gasteiger partial charge in [-0.15, -0.1) is 11.3 Å². The van der Waals surface area contributed by atoms with Crippen LogP contribution in [-0.4, -0.2) is 57.9 Å². The minimum atomic E-state index is -1.02. The molecule has 0 unspecified atom stereocenters. The van der Waals surface area contributed by atoms with E-state index >= 15 is 0 Å². The number of thiophene rings is 1. The van der Waals surface area contributed by atoms with Crippen molar-refractivity contribution < 1.29 is 19.1 Å². The minimum absolute atomic E-state index is 0.209. The molecule has 1 aliphatic rings. The minimum Gasteiger partial charge on any atom is -0.478 e. The Morgan fingerprint density at radius 2 is 1.87 bits per heavy atom. The molecular formula is C36H42N6O4S. The summed E-state index contributed by atoms with van der Waals surface area (Å²) in [5, 5.41) is 9.10. The molecule has 1 saturated heterocycles. The van der Waals surface area contributed by atoms with Crippen molar-refractivity contribution in [3.05, 3.63) is 88.7 Å². The summed E-state index contributed by atoms with van der Waals surface area (Å²) in [6.45, 7) is 12.9. The molecule has 3 aromatic heterocycles. The first-order valence-electron chi connectivity index (χ1n) is 15.8. The Kier molecular flexibility index (Phi) is 9.95. The number of pyridine rings is 2. The van der Waals surface area contributed by atoms with Crippen LogP contribution < -0.4 is 20.7 Å². The number of nitrogens with zero attached hydrogens (tertiary/aromatic N) is 3. The second-order valence-corrected chi connectivity index (χ2v) is 14.2. The molecule has 0 atom stereocenters. The van der Waals surface area contributed by atoms with Crippen LogP contribution in [0.1, 0.15) is 67.5 Å². The molecular weight excluding hydrogens is 613 g/mol. The van der Waals surface area contributed by atoms with Crippen LogP contribution in [0.2, 0.25) is 0 Å². The van der Waals surface area contributed by atoms with Gasteiger partial charge in [0.15, 0.2) is 0 Å². The monoisotopic (exact) mass is 654 g/mol. The van der Waals surface area contributed by atoms with E-state index in [0.717, 1.165) is 40.1 Å². The highest BCUT2D eigenvalue weighted by Gasteiger charge is 2.42. The Balaban J connectivity index is 1.27. The molecule has 1 fully saturated rings. The molecule has 5 rings (SSSR count). The van der Waals surface area contributed by atoms with Gasteiger partial charge >= 0.3 is 6.03 Å². The van der Waals surface area contributed by atoms with Gasteiger partial charge in [0.05, 0.1) is 12.2 Å². The maximum atomic E-state index is 13.8. The largest absolute Gasteiger partial charge is 0.478 e. The molecule has 4 heterocycles. The second-order valence-electron chi connectivity index (χ2n) is 13.1. The SMILES string of the molecule is Cc1ccc(NC(=O)Nc2sc(C(C)(C)C)cc2C(=O)N2CCNC(=O)C2(C)C)cc1-c1ccc(OCCCc2ccccn2)nc1. The smallest absolute Gasteiger partial charge is 0.324 e. The fourth-order valence-corrected chi connectivity index (χ4v) is 6.39. The number of nitrogens with one attached hydrogen (secondary N) is 3. The summed E-state index contributed by atoms with van der Waals surface area (Å²) in [6.07, 6.45) is 5.23. The standard InChI is InChI=1S/C36H42N6O4S/c1-23-12-14-26(20-27(23)24-13-15-30(39-22-24)46-19-9-11-25-10-7-8-16-37-25)40-34(45)41-31-28(21-29(47-31)35(2,3)4)32(43)42-18-17-38-33(44)36(42,5)6/h7-8,10,12-16,20-22H,9,11,17-19H2,1-6H3,(H,38,44)(H2,40,41,45). The predicted molar refractivity (Wildman–Crippen MR) is 186 cm³/mol. The number of rotatable bonds is 9. The normalized spacial score (nSPS) is 14.3. The van der Waals surface area contributed by atoms with E-state index in [2.05, 4.69) is 46.7 Å². The van der Waals surface area contributed by atoms with E-state index in [-0.39, 0.29) is 17.2 Å². The molecule has 47 heavy (non-hydrogen) atoms.